The molecule has 5 heterocycles. The Morgan fingerprint density at radius 3 is 1.95 bits per heavy atom. The van der Waals surface area contributed by atoms with E-state index >= 15 is 9.59 Å². The van der Waals surface area contributed by atoms with Crippen molar-refractivity contribution in [3.8, 4) is 0 Å². The third kappa shape index (κ3) is 16.2. The van der Waals surface area contributed by atoms with Crippen LogP contribution in [0, 0.1) is 5.92 Å². The summed E-state index contributed by atoms with van der Waals surface area (Å²) in [5.41, 5.74) is 6.90. The van der Waals surface area contributed by atoms with E-state index in [1.807, 2.05) is 0 Å². The predicted molar refractivity (Wildman–Crippen MR) is 319 cm³/mol. The highest BCUT2D eigenvalue weighted by Crippen LogP contribution is 2.30. The Hall–Kier alpha value is -9.34. The van der Waals surface area contributed by atoms with Crippen LogP contribution in [0.1, 0.15) is 77.8 Å². The van der Waals surface area contributed by atoms with Crippen molar-refractivity contribution < 1.29 is 92.9 Å². The summed E-state index contributed by atoms with van der Waals surface area (Å²) in [6, 6.07) is -2.95. The van der Waals surface area contributed by atoms with Gasteiger partial charge in [0.2, 0.25) is 53.2 Å². The van der Waals surface area contributed by atoms with E-state index in [1.54, 1.807) is 61.7 Å². The molecule has 32 nitrogen and oxygen atoms in total. The Balaban J connectivity index is 1.33. The second kappa shape index (κ2) is 30.0. The number of carbonyl (C=O) groups is 12. The SMILES string of the molecule is CC(C)C(O)[C@H]1NC(=O)[C@@H]2[C@@H](O)CCN2C(=O)CNC(=O)[C@H](C)NC(=O)[C@H]([C@@H](C)O)NC(=O)[C@@H](NC(=O)[C@H](CO)NC(=O)CC(N)C(=O)O)[C@@H](C)OC(=O)[C@@H]2[C@@H](O)CCN2C(=O)/C(=C/c2c[nH]c3ccccc23)NC(=O)[C@H](C(C)c2c[nH]c3ccccc23)NC1=O. The summed E-state index contributed by atoms with van der Waals surface area (Å²) in [5.74, 6) is -16.4. The van der Waals surface area contributed by atoms with Crippen molar-refractivity contribution in [1.29, 1.82) is 0 Å². The number of cyclic esters (lactones) is 1. The molecule has 15 atom stereocenters. The van der Waals surface area contributed by atoms with E-state index in [1.165, 1.54) is 26.1 Å². The summed E-state index contributed by atoms with van der Waals surface area (Å²) in [6.07, 6.45) is -5.71. The molecule has 0 aliphatic carbocycles. The molecule has 0 bridgehead atoms. The minimum absolute atomic E-state index is 0.166. The normalized spacial score (nSPS) is 27.0. The standard InChI is InChI=1S/C59H77N13O19/c1-25(2)49(79)46-55(85)67-43(26(3)33-22-62-36-14-10-8-12-32(33)36)52(82)66-37(19-30-21-61-35-13-9-7-11-31(30)35)57(87)72-18-16-40(76)48(72)59(90)91-29(6)45(69-51(81)38(24-73)65-41(77)20-34(60)58(88)89)54(84)68-44(28(5)74)53(83)64-27(4)50(80)63-23-42(78)71-17-15-39(75)47(71)56(86)70-46/h7-14,19,21-22,25-29,34,38-40,43-49,61-62,73-76,79H,15-18,20,23-24,60H2,1-6H3,(H,63,80)(H,64,83)(H,65,77)(H,66,82)(H,67,85)(H,68,84)(H,69,81)(H,70,86)(H,88,89)/b37-19-/t26?,27-,28+,29+,34?,38-,39-,40-,43-,44-,45-,46+,47-,48-,49?/m0/s1. The number of aromatic amines is 2. The van der Waals surface area contributed by atoms with Gasteiger partial charge in [0, 0.05) is 58.8 Å². The van der Waals surface area contributed by atoms with Gasteiger partial charge in [-0.1, -0.05) is 57.2 Å². The molecule has 7 rings (SSSR count). The van der Waals surface area contributed by atoms with Crippen molar-refractivity contribution in [2.24, 2.45) is 11.7 Å². The number of nitrogens with two attached hydrogens (primary N) is 1. The molecule has 3 aliphatic heterocycles. The molecule has 0 saturated carbocycles. The summed E-state index contributed by atoms with van der Waals surface area (Å²) in [7, 11) is 0. The maximum Gasteiger partial charge on any atom is 0.331 e. The molecule has 0 radical (unpaired) electrons. The number of hydrogen-bond donors (Lipinski definition) is 17. The van der Waals surface area contributed by atoms with Crippen LogP contribution in [0.2, 0.25) is 0 Å². The Kier molecular flexibility index (Phi) is 22.8. The first-order valence-corrected chi connectivity index (χ1v) is 29.4. The molecule has 32 heteroatoms. The van der Waals surface area contributed by atoms with Gasteiger partial charge in [0.05, 0.1) is 44.0 Å². The number of hydrogen-bond acceptors (Lipinski definition) is 19. The predicted octanol–water partition coefficient (Wildman–Crippen LogP) is -4.98. The van der Waals surface area contributed by atoms with Gasteiger partial charge in [0.25, 0.3) is 5.91 Å². The topological polar surface area (TPSA) is 496 Å². The number of para-hydroxylation sites is 2. The molecule has 10 amide bonds. The molecule has 2 aromatic heterocycles. The third-order valence-corrected chi connectivity index (χ3v) is 16.2. The Bertz CT molecular complexity index is 3460. The van der Waals surface area contributed by atoms with Gasteiger partial charge in [-0.2, -0.15) is 0 Å². The number of H-pyrrole nitrogens is 2. The van der Waals surface area contributed by atoms with Crippen molar-refractivity contribution in [2.45, 2.75) is 152 Å². The molecular formula is C59H77N13O19. The highest BCUT2D eigenvalue weighted by molar-refractivity contribution is 6.07. The van der Waals surface area contributed by atoms with E-state index in [0.717, 1.165) is 30.6 Å². The van der Waals surface area contributed by atoms with Gasteiger partial charge in [0.1, 0.15) is 60.1 Å². The first-order valence-electron chi connectivity index (χ1n) is 29.4. The largest absolute Gasteiger partial charge is 0.480 e. The monoisotopic (exact) mass is 1270 g/mol. The number of aromatic nitrogens is 2. The van der Waals surface area contributed by atoms with E-state index in [0.29, 0.717) is 32.9 Å². The third-order valence-electron chi connectivity index (χ3n) is 16.2. The van der Waals surface area contributed by atoms with Crippen LogP contribution >= 0.6 is 0 Å². The fraction of sp³-hybridized carbons (Fsp3) is 0.492. The average Bonchev–Trinajstić information content (AvgIpc) is 1.99. The molecule has 3 unspecified atom stereocenters. The number of fused-ring (bicyclic) bond motifs is 4. The number of ether oxygens (including phenoxy) is 1. The number of nitrogens with one attached hydrogen (secondary N) is 10. The van der Waals surface area contributed by atoms with E-state index in [9.17, 15) is 78.6 Å². The lowest BCUT2D eigenvalue weighted by atomic mass is 9.91. The van der Waals surface area contributed by atoms with Crippen LogP contribution in [0.5, 0.6) is 0 Å². The first-order chi connectivity index (χ1) is 43.0. The lowest BCUT2D eigenvalue weighted by molar-refractivity contribution is -0.162. The van der Waals surface area contributed by atoms with Gasteiger partial charge in [-0.15, -0.1) is 0 Å². The van der Waals surface area contributed by atoms with Crippen LogP contribution in [0.4, 0.5) is 0 Å². The van der Waals surface area contributed by atoms with E-state index in [-0.39, 0.29) is 19.4 Å². The van der Waals surface area contributed by atoms with Crippen molar-refractivity contribution in [3.63, 3.8) is 0 Å². The van der Waals surface area contributed by atoms with Crippen molar-refractivity contribution in [2.75, 3.05) is 26.2 Å². The number of aliphatic hydroxyl groups is 5. The number of carbonyl (C=O) groups excluding carboxylic acids is 11. The summed E-state index contributed by atoms with van der Waals surface area (Å²) in [6.45, 7) is 5.20. The van der Waals surface area contributed by atoms with Crippen LogP contribution in [0.25, 0.3) is 27.9 Å². The molecule has 3 aliphatic rings. The minimum Gasteiger partial charge on any atom is -0.480 e. The zero-order valence-electron chi connectivity index (χ0n) is 50.5. The highest BCUT2D eigenvalue weighted by Gasteiger charge is 2.48. The zero-order chi connectivity index (χ0) is 66.9. The number of rotatable bonds is 13. The van der Waals surface area contributed by atoms with Gasteiger partial charge in [-0.3, -0.25) is 52.7 Å². The number of nitrogens with zero attached hydrogens (tertiary/aromatic N) is 2. The average molecular weight is 1270 g/mol. The molecular weight excluding hydrogens is 1190 g/mol. The number of benzene rings is 2. The number of aliphatic hydroxyl groups excluding tert-OH is 5. The summed E-state index contributed by atoms with van der Waals surface area (Å²) >= 11 is 0. The lowest BCUT2D eigenvalue weighted by Crippen LogP contribution is -2.63. The van der Waals surface area contributed by atoms with Crippen LogP contribution in [-0.2, 0) is 62.3 Å². The van der Waals surface area contributed by atoms with Crippen molar-refractivity contribution in [1.82, 2.24) is 62.3 Å². The molecule has 492 valence electrons. The van der Waals surface area contributed by atoms with Crippen LogP contribution in [0.15, 0.2) is 66.6 Å². The molecule has 3 saturated heterocycles. The second-order valence-corrected chi connectivity index (χ2v) is 23.1. The minimum atomic E-state index is -2.18. The van der Waals surface area contributed by atoms with E-state index in [2.05, 4.69) is 52.5 Å². The molecule has 2 aromatic carbocycles. The van der Waals surface area contributed by atoms with E-state index in [4.69, 9.17) is 10.5 Å². The molecule has 18 N–H and O–H groups in total. The van der Waals surface area contributed by atoms with E-state index < -0.39 is 200 Å². The van der Waals surface area contributed by atoms with Crippen molar-refractivity contribution in [3.05, 3.63) is 77.7 Å². The Morgan fingerprint density at radius 1 is 0.725 bits per heavy atom. The summed E-state index contributed by atoms with van der Waals surface area (Å²) in [4.78, 5) is 176. The first kappa shape index (κ1) is 69.1. The summed E-state index contributed by atoms with van der Waals surface area (Å²) in [5, 5.41) is 84.8. The van der Waals surface area contributed by atoms with Crippen LogP contribution in [-0.4, -0.2) is 233 Å². The van der Waals surface area contributed by atoms with Crippen LogP contribution < -0.4 is 48.3 Å². The van der Waals surface area contributed by atoms with Crippen molar-refractivity contribution >= 4 is 98.9 Å². The van der Waals surface area contributed by atoms with Crippen LogP contribution in [0.3, 0.4) is 0 Å². The fourth-order valence-electron chi connectivity index (χ4n) is 10.9. The number of carboxylic acids is 1. The van der Waals surface area contributed by atoms with Gasteiger partial charge in [-0.05, 0) is 63.3 Å². The Morgan fingerprint density at radius 2 is 1.31 bits per heavy atom. The second-order valence-electron chi connectivity index (χ2n) is 23.1. The number of aliphatic carboxylic acids is 1. The van der Waals surface area contributed by atoms with Gasteiger partial charge < -0.3 is 103 Å². The highest BCUT2D eigenvalue weighted by atomic mass is 16.5. The summed E-state index contributed by atoms with van der Waals surface area (Å²) < 4.78 is 5.75. The smallest absolute Gasteiger partial charge is 0.331 e. The molecule has 0 spiro atoms. The number of esters is 1. The molecule has 4 aromatic rings. The van der Waals surface area contributed by atoms with Gasteiger partial charge in [-0.25, -0.2) is 4.79 Å². The zero-order valence-corrected chi connectivity index (χ0v) is 50.5. The fourth-order valence-corrected chi connectivity index (χ4v) is 10.9. The van der Waals surface area contributed by atoms with Gasteiger partial charge in [0.15, 0.2) is 6.04 Å². The maximum atomic E-state index is 15.4. The molecule has 91 heavy (non-hydrogen) atoms. The quantitative estimate of drug-likeness (QED) is 0.0440. The molecule has 3 fully saturated rings. The lowest BCUT2D eigenvalue weighted by Gasteiger charge is -2.33. The van der Waals surface area contributed by atoms with Gasteiger partial charge >= 0.3 is 11.9 Å². The Labute approximate surface area is 519 Å². The number of carboxylic acid groups (broad SMARTS) is 1. The number of amides is 10. The maximum absolute atomic E-state index is 15.4.